The normalized spacial score (nSPS) is 13.5. The van der Waals surface area contributed by atoms with Gasteiger partial charge < -0.3 is 0 Å². The van der Waals surface area contributed by atoms with E-state index in [9.17, 15) is 0 Å². The number of hydrogen-bond donors (Lipinski definition) is 0. The van der Waals surface area contributed by atoms with Gasteiger partial charge in [0.1, 0.15) is 0 Å². The summed E-state index contributed by atoms with van der Waals surface area (Å²) in [7, 11) is 8.74. The summed E-state index contributed by atoms with van der Waals surface area (Å²) in [6.45, 7) is 12.2. The van der Waals surface area contributed by atoms with Crippen molar-refractivity contribution in [1.29, 1.82) is 0 Å². The van der Waals surface area contributed by atoms with E-state index in [1.165, 1.54) is 21.3 Å². The van der Waals surface area contributed by atoms with E-state index in [1.807, 2.05) is 0 Å². The van der Waals surface area contributed by atoms with E-state index in [-0.39, 0.29) is 23.2 Å². The SMILES string of the molecule is CN(C)CC(C)(C)[CH2][Bi+2][CH2]C(C)(C)CN(C)C. The Labute approximate surface area is 121 Å². The van der Waals surface area contributed by atoms with E-state index in [0.29, 0.717) is 10.8 Å². The molecule has 0 bridgehead atoms. The van der Waals surface area contributed by atoms with E-state index in [2.05, 4.69) is 65.7 Å². The Kier molecular flexibility index (Phi) is 7.76. The van der Waals surface area contributed by atoms with Gasteiger partial charge in [0.2, 0.25) is 0 Å². The third-order valence-electron chi connectivity index (χ3n) is 2.57. The molecule has 0 aliphatic rings. The number of hydrogen-bond acceptors (Lipinski definition) is 2. The van der Waals surface area contributed by atoms with Crippen molar-refractivity contribution in [3.8, 4) is 0 Å². The van der Waals surface area contributed by atoms with Gasteiger partial charge in [-0.2, -0.15) is 0 Å². The Bertz CT molecular complexity index is 188. The molecule has 0 rings (SSSR count). The molecule has 0 saturated heterocycles. The van der Waals surface area contributed by atoms with Gasteiger partial charge in [-0.25, -0.2) is 0 Å². The predicted octanol–water partition coefficient (Wildman–Crippen LogP) is 2.70. The van der Waals surface area contributed by atoms with Crippen molar-refractivity contribution in [3.63, 3.8) is 0 Å². The summed E-state index contributed by atoms with van der Waals surface area (Å²) in [5.41, 5.74) is 1.04. The summed E-state index contributed by atoms with van der Waals surface area (Å²) in [4.78, 5) is 4.65. The molecule has 0 spiro atoms. The Morgan fingerprint density at radius 2 is 1.00 bits per heavy atom. The summed E-state index contributed by atoms with van der Waals surface area (Å²) in [5.74, 6) is 0. The molecule has 17 heavy (non-hydrogen) atoms. The molecule has 3 heteroatoms. The Morgan fingerprint density at radius 3 is 1.24 bits per heavy atom. The Hall–Kier alpha value is 0.803. The van der Waals surface area contributed by atoms with E-state index >= 15 is 0 Å². The van der Waals surface area contributed by atoms with Crippen molar-refractivity contribution in [3.05, 3.63) is 0 Å². The fourth-order valence-corrected chi connectivity index (χ4v) is 8.39. The van der Waals surface area contributed by atoms with Crippen molar-refractivity contribution in [2.75, 3.05) is 41.3 Å². The van der Waals surface area contributed by atoms with Crippen molar-refractivity contribution in [2.45, 2.75) is 36.0 Å². The molecule has 0 aromatic carbocycles. The number of rotatable bonds is 8. The van der Waals surface area contributed by atoms with E-state index < -0.39 is 0 Å². The van der Waals surface area contributed by atoms with Crippen molar-refractivity contribution in [1.82, 2.24) is 9.80 Å². The first-order valence-corrected chi connectivity index (χ1v) is 11.4. The zero-order valence-corrected chi connectivity index (χ0v) is 16.6. The van der Waals surface area contributed by atoms with E-state index in [4.69, 9.17) is 0 Å². The van der Waals surface area contributed by atoms with Crippen LogP contribution in [0.1, 0.15) is 27.7 Å². The molecule has 0 heterocycles. The second-order valence-corrected chi connectivity index (χ2v) is 11.5. The van der Waals surface area contributed by atoms with Gasteiger partial charge >= 0.3 is 121 Å². The van der Waals surface area contributed by atoms with E-state index in [0.717, 1.165) is 0 Å². The standard InChI is InChI=1S/2C7H16N.Bi/c2*1-7(2,3)6-8(4)5;/h2*1,6H2,2-5H3;/q;;+2. The van der Waals surface area contributed by atoms with Crippen LogP contribution in [-0.4, -0.2) is 74.3 Å². The zero-order valence-electron chi connectivity index (χ0n) is 13.2. The Morgan fingerprint density at radius 1 is 0.706 bits per heavy atom. The van der Waals surface area contributed by atoms with Crippen LogP contribution in [0.15, 0.2) is 0 Å². The quantitative estimate of drug-likeness (QED) is 0.539. The molecule has 2 nitrogen and oxygen atoms in total. The second-order valence-electron chi connectivity index (χ2n) is 7.34. The molecule has 0 aliphatic heterocycles. The summed E-state index contributed by atoms with van der Waals surface area (Å²) in [6.07, 6.45) is 0. The van der Waals surface area contributed by atoms with Crippen LogP contribution in [0.4, 0.5) is 0 Å². The van der Waals surface area contributed by atoms with E-state index in [1.54, 1.807) is 0 Å². The fourth-order valence-electron chi connectivity index (χ4n) is 2.47. The molecule has 0 amide bonds. The average Bonchev–Trinajstić information content (AvgIpc) is 1.96. The van der Waals surface area contributed by atoms with Crippen molar-refractivity contribution >= 4 is 23.2 Å². The van der Waals surface area contributed by atoms with Gasteiger partial charge in [-0.3, -0.25) is 0 Å². The molecule has 0 N–H and O–H groups in total. The van der Waals surface area contributed by atoms with Crippen LogP contribution in [0.3, 0.4) is 0 Å². The molecule has 0 unspecified atom stereocenters. The molecule has 0 aliphatic carbocycles. The molecule has 0 fully saturated rings. The van der Waals surface area contributed by atoms with Crippen molar-refractivity contribution in [2.24, 2.45) is 10.8 Å². The molecular weight excluding hydrogens is 405 g/mol. The maximum atomic E-state index is 2.43. The minimum atomic E-state index is -0.318. The monoisotopic (exact) mass is 437 g/mol. The third-order valence-corrected chi connectivity index (χ3v) is 11.0. The first-order valence-electron chi connectivity index (χ1n) is 6.47. The maximum absolute atomic E-state index is 2.43. The second kappa shape index (κ2) is 7.41. The van der Waals surface area contributed by atoms with Gasteiger partial charge in [-0.1, -0.05) is 0 Å². The fraction of sp³-hybridized carbons (Fsp3) is 1.00. The molecular formula is C14H32BiN2+2. The Balaban J connectivity index is 3.97. The van der Waals surface area contributed by atoms with Crippen LogP contribution < -0.4 is 0 Å². The predicted molar refractivity (Wildman–Crippen MR) is 80.0 cm³/mol. The van der Waals surface area contributed by atoms with Crippen LogP contribution in [0.25, 0.3) is 0 Å². The summed E-state index contributed by atoms with van der Waals surface area (Å²) in [5, 5.41) is 0. The average molecular weight is 437 g/mol. The topological polar surface area (TPSA) is 6.48 Å². The van der Waals surface area contributed by atoms with Gasteiger partial charge in [0.15, 0.2) is 0 Å². The van der Waals surface area contributed by atoms with Crippen LogP contribution in [0.5, 0.6) is 0 Å². The number of nitrogens with zero attached hydrogens (tertiary/aromatic N) is 2. The molecule has 101 valence electrons. The van der Waals surface area contributed by atoms with Gasteiger partial charge in [0.25, 0.3) is 0 Å². The van der Waals surface area contributed by atoms with Gasteiger partial charge in [-0.15, -0.1) is 0 Å². The minimum absolute atomic E-state index is 0.318. The molecule has 0 aromatic heterocycles. The summed E-state index contributed by atoms with van der Waals surface area (Å²) >= 11 is -0.318. The first kappa shape index (κ1) is 17.8. The van der Waals surface area contributed by atoms with Crippen LogP contribution >= 0.6 is 0 Å². The molecule has 0 aromatic rings. The first-order chi connectivity index (χ1) is 7.54. The molecule has 0 saturated carbocycles. The van der Waals surface area contributed by atoms with Crippen molar-refractivity contribution < 1.29 is 0 Å². The zero-order chi connectivity index (χ0) is 13.7. The van der Waals surface area contributed by atoms with Crippen LogP contribution in [-0.2, 0) is 0 Å². The molecule has 0 atom stereocenters. The summed E-state index contributed by atoms with van der Waals surface area (Å²) < 4.78 is 3.00. The molecule has 1 radical (unpaired) electrons. The van der Waals surface area contributed by atoms with Gasteiger partial charge in [-0.05, 0) is 0 Å². The summed E-state index contributed by atoms with van der Waals surface area (Å²) in [6, 6.07) is 0. The van der Waals surface area contributed by atoms with Crippen LogP contribution in [0, 0.1) is 10.8 Å². The van der Waals surface area contributed by atoms with Gasteiger partial charge in [0.05, 0.1) is 0 Å². The van der Waals surface area contributed by atoms with Gasteiger partial charge in [0, 0.05) is 0 Å². The third kappa shape index (κ3) is 10.4. The van der Waals surface area contributed by atoms with Crippen LogP contribution in [0.2, 0.25) is 8.26 Å².